The molecule has 2 aromatic carbocycles. The number of nitrogens with zero attached hydrogens (tertiary/aromatic N) is 3. The zero-order chi connectivity index (χ0) is 17.2. The van der Waals surface area contributed by atoms with E-state index in [4.69, 9.17) is 0 Å². The zero-order valence-electron chi connectivity index (χ0n) is 14.2. The van der Waals surface area contributed by atoms with Crippen molar-refractivity contribution in [1.82, 2.24) is 20.2 Å². The molecule has 2 heterocycles. The van der Waals surface area contributed by atoms with Crippen LogP contribution in [0.15, 0.2) is 61.1 Å². The first-order valence-electron chi connectivity index (χ1n) is 8.28. The lowest BCUT2D eigenvalue weighted by Gasteiger charge is -2.15. The minimum Gasteiger partial charge on any atom is -0.362 e. The maximum absolute atomic E-state index is 4.69. The molecule has 0 spiro atoms. The third kappa shape index (κ3) is 3.21. The summed E-state index contributed by atoms with van der Waals surface area (Å²) in [6.07, 6.45) is 5.45. The SMILES string of the molecule is Cc1cccc([C@@H](C)Nc2cnc3cc(-c4cn[nH]c4)ccc3n2)c1. The second kappa shape index (κ2) is 6.36. The molecule has 0 radical (unpaired) electrons. The summed E-state index contributed by atoms with van der Waals surface area (Å²) in [7, 11) is 0. The van der Waals surface area contributed by atoms with Gasteiger partial charge in [0.25, 0.3) is 0 Å². The number of aromatic nitrogens is 4. The van der Waals surface area contributed by atoms with Gasteiger partial charge in [-0.25, -0.2) is 4.98 Å². The number of aryl methyl sites for hydroxylation is 1. The Hall–Kier alpha value is -3.21. The van der Waals surface area contributed by atoms with E-state index in [9.17, 15) is 0 Å². The van der Waals surface area contributed by atoms with Crippen molar-refractivity contribution >= 4 is 16.9 Å². The number of benzene rings is 2. The minimum atomic E-state index is 0.164. The van der Waals surface area contributed by atoms with Crippen LogP contribution in [0.2, 0.25) is 0 Å². The van der Waals surface area contributed by atoms with Gasteiger partial charge < -0.3 is 5.32 Å². The standard InChI is InChI=1S/C20H19N5/c1-13-4-3-5-15(8-13)14(2)24-20-12-21-19-9-16(6-7-18(19)25-20)17-10-22-23-11-17/h3-12,14H,1-2H3,(H,22,23)(H,24,25)/t14-/m1/s1. The molecular formula is C20H19N5. The van der Waals surface area contributed by atoms with E-state index in [0.29, 0.717) is 0 Å². The molecule has 4 aromatic rings. The Balaban J connectivity index is 1.60. The Labute approximate surface area is 146 Å². The Morgan fingerprint density at radius 1 is 1.00 bits per heavy atom. The van der Waals surface area contributed by atoms with E-state index in [1.165, 1.54) is 11.1 Å². The number of anilines is 1. The lowest BCUT2D eigenvalue weighted by molar-refractivity contribution is 0.872. The van der Waals surface area contributed by atoms with Gasteiger partial charge in [-0.3, -0.25) is 10.1 Å². The van der Waals surface area contributed by atoms with Gasteiger partial charge in [0.05, 0.1) is 29.5 Å². The summed E-state index contributed by atoms with van der Waals surface area (Å²) in [5.41, 5.74) is 6.34. The third-order valence-corrected chi connectivity index (χ3v) is 4.28. The Bertz CT molecular complexity index is 1010. The molecule has 25 heavy (non-hydrogen) atoms. The van der Waals surface area contributed by atoms with Crippen molar-refractivity contribution in [3.63, 3.8) is 0 Å². The van der Waals surface area contributed by atoms with Gasteiger partial charge in [-0.05, 0) is 37.1 Å². The fourth-order valence-electron chi connectivity index (χ4n) is 2.91. The van der Waals surface area contributed by atoms with E-state index in [-0.39, 0.29) is 6.04 Å². The first-order chi connectivity index (χ1) is 12.2. The predicted octanol–water partition coefficient (Wildman–Crippen LogP) is 4.50. The van der Waals surface area contributed by atoms with E-state index in [1.54, 1.807) is 12.4 Å². The molecule has 0 aliphatic carbocycles. The molecule has 0 fully saturated rings. The number of aromatic amines is 1. The van der Waals surface area contributed by atoms with Crippen molar-refractivity contribution < 1.29 is 0 Å². The van der Waals surface area contributed by atoms with Gasteiger partial charge >= 0.3 is 0 Å². The lowest BCUT2D eigenvalue weighted by Crippen LogP contribution is -2.08. The summed E-state index contributed by atoms with van der Waals surface area (Å²) in [5.74, 6) is 0.776. The normalized spacial score (nSPS) is 12.2. The van der Waals surface area contributed by atoms with Gasteiger partial charge in [0.2, 0.25) is 0 Å². The first kappa shape index (κ1) is 15.3. The molecule has 2 aromatic heterocycles. The van der Waals surface area contributed by atoms with E-state index in [0.717, 1.165) is 28.0 Å². The van der Waals surface area contributed by atoms with Gasteiger partial charge in [0.1, 0.15) is 5.82 Å². The fraction of sp³-hybridized carbons (Fsp3) is 0.150. The first-order valence-corrected chi connectivity index (χ1v) is 8.28. The molecule has 0 aliphatic heterocycles. The van der Waals surface area contributed by atoms with E-state index in [1.807, 2.05) is 24.4 Å². The van der Waals surface area contributed by atoms with E-state index >= 15 is 0 Å². The average Bonchev–Trinajstić information content (AvgIpc) is 3.16. The molecule has 0 saturated carbocycles. The van der Waals surface area contributed by atoms with Gasteiger partial charge in [0, 0.05) is 11.8 Å². The molecule has 2 N–H and O–H groups in total. The summed E-state index contributed by atoms with van der Waals surface area (Å²) >= 11 is 0. The molecule has 4 rings (SSSR count). The Morgan fingerprint density at radius 2 is 1.92 bits per heavy atom. The molecule has 124 valence electrons. The predicted molar refractivity (Wildman–Crippen MR) is 100 cm³/mol. The highest BCUT2D eigenvalue weighted by atomic mass is 15.1. The summed E-state index contributed by atoms with van der Waals surface area (Å²) in [6.45, 7) is 4.23. The largest absolute Gasteiger partial charge is 0.362 e. The summed E-state index contributed by atoms with van der Waals surface area (Å²) < 4.78 is 0. The van der Waals surface area contributed by atoms with Crippen LogP contribution in [0, 0.1) is 6.92 Å². The number of hydrogen-bond acceptors (Lipinski definition) is 4. The fourth-order valence-corrected chi connectivity index (χ4v) is 2.91. The van der Waals surface area contributed by atoms with E-state index in [2.05, 4.69) is 63.6 Å². The van der Waals surface area contributed by atoms with Gasteiger partial charge in [-0.15, -0.1) is 0 Å². The van der Waals surface area contributed by atoms with Crippen LogP contribution in [0.1, 0.15) is 24.1 Å². The molecule has 0 unspecified atom stereocenters. The van der Waals surface area contributed by atoms with Crippen LogP contribution in [0.5, 0.6) is 0 Å². The van der Waals surface area contributed by atoms with Crippen molar-refractivity contribution in [2.75, 3.05) is 5.32 Å². The van der Waals surface area contributed by atoms with Gasteiger partial charge in [0.15, 0.2) is 0 Å². The van der Waals surface area contributed by atoms with Crippen LogP contribution in [0.25, 0.3) is 22.2 Å². The number of hydrogen-bond donors (Lipinski definition) is 2. The second-order valence-corrected chi connectivity index (χ2v) is 6.23. The molecular weight excluding hydrogens is 310 g/mol. The maximum atomic E-state index is 4.69. The lowest BCUT2D eigenvalue weighted by atomic mass is 10.1. The van der Waals surface area contributed by atoms with E-state index < -0.39 is 0 Å². The number of rotatable bonds is 4. The van der Waals surface area contributed by atoms with Crippen LogP contribution in [-0.4, -0.2) is 20.2 Å². The van der Waals surface area contributed by atoms with Crippen molar-refractivity contribution in [3.8, 4) is 11.1 Å². The highest BCUT2D eigenvalue weighted by molar-refractivity contribution is 5.81. The highest BCUT2D eigenvalue weighted by Crippen LogP contribution is 2.24. The Morgan fingerprint density at radius 3 is 2.72 bits per heavy atom. The van der Waals surface area contributed by atoms with Crippen LogP contribution in [-0.2, 0) is 0 Å². The minimum absolute atomic E-state index is 0.164. The van der Waals surface area contributed by atoms with Crippen molar-refractivity contribution in [2.24, 2.45) is 0 Å². The van der Waals surface area contributed by atoms with Crippen LogP contribution < -0.4 is 5.32 Å². The smallest absolute Gasteiger partial charge is 0.145 e. The van der Waals surface area contributed by atoms with Gasteiger partial charge in [-0.2, -0.15) is 5.10 Å². The highest BCUT2D eigenvalue weighted by Gasteiger charge is 2.08. The quantitative estimate of drug-likeness (QED) is 0.578. The van der Waals surface area contributed by atoms with Crippen molar-refractivity contribution in [3.05, 3.63) is 72.2 Å². The second-order valence-electron chi connectivity index (χ2n) is 6.23. The molecule has 0 amide bonds. The van der Waals surface area contributed by atoms with Crippen molar-refractivity contribution in [1.29, 1.82) is 0 Å². The monoisotopic (exact) mass is 329 g/mol. The van der Waals surface area contributed by atoms with Crippen LogP contribution >= 0.6 is 0 Å². The number of H-pyrrole nitrogens is 1. The topological polar surface area (TPSA) is 66.5 Å². The maximum Gasteiger partial charge on any atom is 0.145 e. The molecule has 0 aliphatic rings. The molecule has 1 atom stereocenters. The average molecular weight is 329 g/mol. The van der Waals surface area contributed by atoms with Crippen molar-refractivity contribution in [2.45, 2.75) is 19.9 Å². The number of fused-ring (bicyclic) bond motifs is 1. The van der Waals surface area contributed by atoms with Crippen LogP contribution in [0.3, 0.4) is 0 Å². The molecule has 0 bridgehead atoms. The number of nitrogens with one attached hydrogen (secondary N) is 2. The summed E-state index contributed by atoms with van der Waals surface area (Å²) in [6, 6.07) is 14.7. The third-order valence-electron chi connectivity index (χ3n) is 4.28. The molecule has 5 heteroatoms. The van der Waals surface area contributed by atoms with Gasteiger partial charge in [-0.1, -0.05) is 35.9 Å². The Kier molecular flexibility index (Phi) is 3.90. The summed E-state index contributed by atoms with van der Waals surface area (Å²) in [5, 5.41) is 10.3. The zero-order valence-corrected chi connectivity index (χ0v) is 14.2. The molecule has 5 nitrogen and oxygen atoms in total. The van der Waals surface area contributed by atoms with Crippen LogP contribution in [0.4, 0.5) is 5.82 Å². The molecule has 0 saturated heterocycles. The summed E-state index contributed by atoms with van der Waals surface area (Å²) in [4.78, 5) is 9.25.